The van der Waals surface area contributed by atoms with Crippen LogP contribution in [0.25, 0.3) is 0 Å². The van der Waals surface area contributed by atoms with E-state index in [1.54, 1.807) is 0 Å². The number of nitrogens with zero attached hydrogens (tertiary/aromatic N) is 2. The van der Waals surface area contributed by atoms with E-state index in [-0.39, 0.29) is 11.6 Å². The summed E-state index contributed by atoms with van der Waals surface area (Å²) in [5.74, 6) is -3.94. The first kappa shape index (κ1) is 15.6. The van der Waals surface area contributed by atoms with Crippen LogP contribution in [0.2, 0.25) is 0 Å². The summed E-state index contributed by atoms with van der Waals surface area (Å²) in [7, 11) is 3.48. The van der Waals surface area contributed by atoms with Crippen LogP contribution in [-0.2, 0) is 0 Å². The van der Waals surface area contributed by atoms with Gasteiger partial charge < -0.3 is 5.73 Å². The van der Waals surface area contributed by atoms with Gasteiger partial charge in [-0.05, 0) is 38.1 Å². The van der Waals surface area contributed by atoms with Gasteiger partial charge in [-0.2, -0.15) is 0 Å². The Morgan fingerprint density at radius 3 is 2.38 bits per heavy atom. The SMILES string of the molecule is CN=C(C1=C(N)C(C)N(C)CC1)c1cc(F)c(F)c(F)c1. The molecule has 0 radical (unpaired) electrons. The first-order valence-corrected chi connectivity index (χ1v) is 6.67. The van der Waals surface area contributed by atoms with Crippen LogP contribution in [0.15, 0.2) is 28.4 Å². The molecule has 114 valence electrons. The lowest BCUT2D eigenvalue weighted by atomic mass is 9.92. The van der Waals surface area contributed by atoms with Gasteiger partial charge in [-0.15, -0.1) is 0 Å². The fraction of sp³-hybridized carbons (Fsp3) is 0.400. The maximum atomic E-state index is 13.4. The van der Waals surface area contributed by atoms with Gasteiger partial charge >= 0.3 is 0 Å². The molecule has 1 aliphatic rings. The molecule has 1 aliphatic heterocycles. The molecule has 1 aromatic carbocycles. The Morgan fingerprint density at radius 1 is 1.29 bits per heavy atom. The maximum absolute atomic E-state index is 13.4. The zero-order valence-corrected chi connectivity index (χ0v) is 12.3. The highest BCUT2D eigenvalue weighted by Crippen LogP contribution is 2.25. The van der Waals surface area contributed by atoms with E-state index in [4.69, 9.17) is 5.73 Å². The minimum Gasteiger partial charge on any atom is -0.400 e. The van der Waals surface area contributed by atoms with E-state index < -0.39 is 17.5 Å². The van der Waals surface area contributed by atoms with Crippen LogP contribution in [0.1, 0.15) is 18.9 Å². The van der Waals surface area contributed by atoms with Crippen LogP contribution in [-0.4, -0.2) is 37.3 Å². The summed E-state index contributed by atoms with van der Waals surface area (Å²) in [4.78, 5) is 6.19. The number of benzene rings is 1. The van der Waals surface area contributed by atoms with Gasteiger partial charge in [0.2, 0.25) is 0 Å². The molecular formula is C15H18F3N3. The van der Waals surface area contributed by atoms with E-state index in [0.717, 1.165) is 24.3 Å². The summed E-state index contributed by atoms with van der Waals surface area (Å²) in [6.07, 6.45) is 0.625. The first-order chi connectivity index (χ1) is 9.86. The average molecular weight is 297 g/mol. The Bertz CT molecular complexity index is 600. The third kappa shape index (κ3) is 2.81. The number of rotatable bonds is 2. The molecule has 21 heavy (non-hydrogen) atoms. The molecule has 0 fully saturated rings. The van der Waals surface area contributed by atoms with Gasteiger partial charge in [0.05, 0.1) is 5.71 Å². The van der Waals surface area contributed by atoms with Gasteiger partial charge in [-0.25, -0.2) is 13.2 Å². The van der Waals surface area contributed by atoms with Crippen molar-refractivity contribution in [3.63, 3.8) is 0 Å². The van der Waals surface area contributed by atoms with Gasteiger partial charge in [0.1, 0.15) is 0 Å². The molecule has 2 rings (SSSR count). The molecule has 0 saturated carbocycles. The van der Waals surface area contributed by atoms with Gasteiger partial charge in [-0.3, -0.25) is 9.89 Å². The normalized spacial score (nSPS) is 21.0. The molecule has 6 heteroatoms. The fourth-order valence-electron chi connectivity index (χ4n) is 2.50. The molecule has 0 saturated heterocycles. The molecule has 1 aromatic rings. The lowest BCUT2D eigenvalue weighted by Crippen LogP contribution is -2.40. The Labute approximate surface area is 122 Å². The van der Waals surface area contributed by atoms with Crippen LogP contribution in [0.5, 0.6) is 0 Å². The smallest absolute Gasteiger partial charge is 0.194 e. The van der Waals surface area contributed by atoms with Crippen LogP contribution < -0.4 is 5.73 Å². The summed E-state index contributed by atoms with van der Waals surface area (Å²) in [6.45, 7) is 2.72. The highest BCUT2D eigenvalue weighted by Gasteiger charge is 2.25. The minimum absolute atomic E-state index is 0.0145. The second-order valence-electron chi connectivity index (χ2n) is 5.17. The van der Waals surface area contributed by atoms with E-state index in [1.807, 2.05) is 14.0 Å². The minimum atomic E-state index is -1.48. The lowest BCUT2D eigenvalue weighted by Gasteiger charge is -2.32. The molecule has 2 N–H and O–H groups in total. The second kappa shape index (κ2) is 5.89. The molecule has 0 amide bonds. The van der Waals surface area contributed by atoms with Gasteiger partial charge in [0.25, 0.3) is 0 Å². The highest BCUT2D eigenvalue weighted by molar-refractivity contribution is 6.13. The molecule has 3 nitrogen and oxygen atoms in total. The lowest BCUT2D eigenvalue weighted by molar-refractivity contribution is 0.273. The predicted molar refractivity (Wildman–Crippen MR) is 76.7 cm³/mol. The number of aliphatic imine (C=N–C) groups is 1. The van der Waals surface area contributed by atoms with Crippen molar-refractivity contribution in [3.8, 4) is 0 Å². The molecule has 1 unspecified atom stereocenters. The Morgan fingerprint density at radius 2 is 1.86 bits per heavy atom. The molecule has 0 aromatic heterocycles. The Balaban J connectivity index is 2.51. The van der Waals surface area contributed by atoms with Crippen molar-refractivity contribution in [1.29, 1.82) is 0 Å². The van der Waals surface area contributed by atoms with Crippen LogP contribution >= 0.6 is 0 Å². The van der Waals surface area contributed by atoms with E-state index in [9.17, 15) is 13.2 Å². The third-order valence-corrected chi connectivity index (χ3v) is 3.94. The summed E-state index contributed by atoms with van der Waals surface area (Å²) in [6, 6.07) is 1.91. The Hall–Kier alpha value is -1.82. The van der Waals surface area contributed by atoms with Crippen LogP contribution in [0, 0.1) is 17.5 Å². The maximum Gasteiger partial charge on any atom is 0.194 e. The van der Waals surface area contributed by atoms with Crippen molar-refractivity contribution in [2.24, 2.45) is 10.7 Å². The van der Waals surface area contributed by atoms with Crippen molar-refractivity contribution < 1.29 is 13.2 Å². The van der Waals surface area contributed by atoms with E-state index in [1.165, 1.54) is 7.05 Å². The van der Waals surface area contributed by atoms with E-state index >= 15 is 0 Å². The molecule has 1 heterocycles. The molecule has 1 atom stereocenters. The largest absolute Gasteiger partial charge is 0.400 e. The van der Waals surface area contributed by atoms with E-state index in [2.05, 4.69) is 9.89 Å². The van der Waals surface area contributed by atoms with Crippen molar-refractivity contribution in [2.45, 2.75) is 19.4 Å². The number of halogens is 3. The number of nitrogens with two attached hydrogens (primary N) is 1. The Kier molecular flexibility index (Phi) is 4.37. The van der Waals surface area contributed by atoms with Crippen LogP contribution in [0.3, 0.4) is 0 Å². The molecular weight excluding hydrogens is 279 g/mol. The van der Waals surface area contributed by atoms with Gasteiger partial charge in [-0.1, -0.05) is 0 Å². The second-order valence-corrected chi connectivity index (χ2v) is 5.17. The number of hydrogen-bond donors (Lipinski definition) is 1. The zero-order valence-electron chi connectivity index (χ0n) is 12.3. The summed E-state index contributed by atoms with van der Waals surface area (Å²) in [5.41, 5.74) is 8.11. The first-order valence-electron chi connectivity index (χ1n) is 6.67. The zero-order chi connectivity index (χ0) is 15.7. The monoisotopic (exact) mass is 297 g/mol. The van der Waals surface area contributed by atoms with Crippen molar-refractivity contribution in [1.82, 2.24) is 4.90 Å². The molecule has 0 bridgehead atoms. The molecule has 0 aliphatic carbocycles. The third-order valence-electron chi connectivity index (χ3n) is 3.94. The van der Waals surface area contributed by atoms with Crippen LogP contribution in [0.4, 0.5) is 13.2 Å². The van der Waals surface area contributed by atoms with Crippen molar-refractivity contribution in [3.05, 3.63) is 46.4 Å². The van der Waals surface area contributed by atoms with Crippen molar-refractivity contribution in [2.75, 3.05) is 20.6 Å². The summed E-state index contributed by atoms with van der Waals surface area (Å²) >= 11 is 0. The average Bonchev–Trinajstić information content (AvgIpc) is 2.45. The summed E-state index contributed by atoms with van der Waals surface area (Å²) < 4.78 is 39.9. The van der Waals surface area contributed by atoms with Gasteiger partial charge in [0, 0.05) is 30.9 Å². The van der Waals surface area contributed by atoms with Gasteiger partial charge in [0.15, 0.2) is 17.5 Å². The summed E-state index contributed by atoms with van der Waals surface area (Å²) in [5, 5.41) is 0. The fourth-order valence-corrected chi connectivity index (χ4v) is 2.50. The van der Waals surface area contributed by atoms with E-state index in [0.29, 0.717) is 17.8 Å². The van der Waals surface area contributed by atoms with Crippen molar-refractivity contribution >= 4 is 5.71 Å². The number of likely N-dealkylation sites (N-methyl/N-ethyl adjacent to an activating group) is 1. The predicted octanol–water partition coefficient (Wildman–Crippen LogP) is 2.46. The number of hydrogen-bond acceptors (Lipinski definition) is 3. The highest BCUT2D eigenvalue weighted by atomic mass is 19.2. The standard InChI is InChI=1S/C15H18F3N3/c1-8-14(19)10(4-5-21(8)3)15(20-2)9-6-11(16)13(18)12(17)7-9/h6-8H,4-5,19H2,1-3H3. The molecule has 0 spiro atoms. The quantitative estimate of drug-likeness (QED) is 0.673. The topological polar surface area (TPSA) is 41.6 Å².